The third kappa shape index (κ3) is 6.29. The fourth-order valence-electron chi connectivity index (χ4n) is 4.03. The van der Waals surface area contributed by atoms with E-state index in [0.29, 0.717) is 6.54 Å². The Hall–Kier alpha value is -2.59. The molecule has 186 valence electrons. The van der Waals surface area contributed by atoms with Crippen LogP contribution in [-0.2, 0) is 27.4 Å². The summed E-state index contributed by atoms with van der Waals surface area (Å²) in [4.78, 5) is 13.8. The van der Waals surface area contributed by atoms with Gasteiger partial charge in [-0.25, -0.2) is 8.42 Å². The van der Waals surface area contributed by atoms with Crippen LogP contribution in [0.1, 0.15) is 30.4 Å². The minimum atomic E-state index is -4.77. The van der Waals surface area contributed by atoms with Gasteiger partial charge < -0.3 is 10.2 Å². The number of hydrogen-bond acceptors (Lipinski definition) is 4. The van der Waals surface area contributed by atoms with Gasteiger partial charge in [-0.2, -0.15) is 17.5 Å². The summed E-state index contributed by atoms with van der Waals surface area (Å²) in [5, 5.41) is 2.90. The van der Waals surface area contributed by atoms with Crippen molar-refractivity contribution in [1.29, 1.82) is 0 Å². The fourth-order valence-corrected chi connectivity index (χ4v) is 5.71. The third-order valence-corrected chi connectivity index (χ3v) is 7.99. The van der Waals surface area contributed by atoms with Crippen molar-refractivity contribution >= 4 is 21.6 Å². The molecule has 1 fully saturated rings. The van der Waals surface area contributed by atoms with Gasteiger partial charge in [0.2, 0.25) is 15.9 Å². The van der Waals surface area contributed by atoms with Crippen LogP contribution in [0.3, 0.4) is 0 Å². The number of carbonyl (C=O) groups excluding carboxylic acids is 1. The van der Waals surface area contributed by atoms with Crippen molar-refractivity contribution in [2.45, 2.75) is 36.8 Å². The minimum absolute atomic E-state index is 0.00480. The number of sulfonamides is 1. The maximum atomic E-state index is 13.3. The Morgan fingerprint density at radius 2 is 1.68 bits per heavy atom. The number of amides is 1. The lowest BCUT2D eigenvalue weighted by Crippen LogP contribution is -2.43. The first-order valence-electron chi connectivity index (χ1n) is 11.2. The molecule has 34 heavy (non-hydrogen) atoms. The zero-order chi connectivity index (χ0) is 24.9. The van der Waals surface area contributed by atoms with Crippen molar-refractivity contribution in [2.75, 3.05) is 38.6 Å². The highest BCUT2D eigenvalue weighted by Gasteiger charge is 2.40. The van der Waals surface area contributed by atoms with Gasteiger partial charge in [0, 0.05) is 45.3 Å². The van der Waals surface area contributed by atoms with Crippen molar-refractivity contribution in [2.24, 2.45) is 5.92 Å². The number of nitrogens with zero attached hydrogens (tertiary/aromatic N) is 2. The first-order chi connectivity index (χ1) is 16.0. The van der Waals surface area contributed by atoms with Crippen LogP contribution in [0.25, 0.3) is 0 Å². The number of nitrogens with one attached hydrogen (secondary N) is 1. The molecule has 1 amide bonds. The van der Waals surface area contributed by atoms with E-state index < -0.39 is 26.7 Å². The standard InChI is InChI=1S/C24H30F3N3O3S/c1-29(2)20-11-9-18(10-12-20)6-5-15-28-23(31)19-13-16-30(17-14-19)34(32,33)22-8-4-3-7-21(22)24(25,26)27/h3-4,7-12,19H,5-6,13-17H2,1-2H3,(H,28,31). The third-order valence-electron chi connectivity index (χ3n) is 6.03. The van der Waals surface area contributed by atoms with E-state index in [-0.39, 0.29) is 37.8 Å². The lowest BCUT2D eigenvalue weighted by atomic mass is 9.97. The van der Waals surface area contributed by atoms with Crippen LogP contribution in [0.5, 0.6) is 0 Å². The lowest BCUT2D eigenvalue weighted by molar-refractivity contribution is -0.139. The SMILES string of the molecule is CN(C)c1ccc(CCCNC(=O)C2CCN(S(=O)(=O)c3ccccc3C(F)(F)F)CC2)cc1. The van der Waals surface area contributed by atoms with E-state index in [4.69, 9.17) is 0 Å². The molecule has 0 unspecified atom stereocenters. The van der Waals surface area contributed by atoms with Gasteiger partial charge in [0.1, 0.15) is 0 Å². The van der Waals surface area contributed by atoms with Crippen LogP contribution in [0, 0.1) is 5.92 Å². The Labute approximate surface area is 198 Å². The molecule has 0 aliphatic carbocycles. The molecule has 10 heteroatoms. The van der Waals surface area contributed by atoms with Crippen LogP contribution in [0.4, 0.5) is 18.9 Å². The van der Waals surface area contributed by atoms with Gasteiger partial charge in [-0.05, 0) is 55.5 Å². The second-order valence-electron chi connectivity index (χ2n) is 8.63. The average molecular weight is 498 g/mol. The number of anilines is 1. The van der Waals surface area contributed by atoms with Crippen LogP contribution >= 0.6 is 0 Å². The smallest absolute Gasteiger partial charge is 0.378 e. The molecule has 0 aromatic heterocycles. The maximum Gasteiger partial charge on any atom is 0.417 e. The van der Waals surface area contributed by atoms with Crippen LogP contribution < -0.4 is 10.2 Å². The summed E-state index contributed by atoms with van der Waals surface area (Å²) in [6.07, 6.45) is -2.63. The second kappa shape index (κ2) is 10.8. The normalized spacial score (nSPS) is 15.8. The maximum absolute atomic E-state index is 13.3. The van der Waals surface area contributed by atoms with Crippen LogP contribution in [0.15, 0.2) is 53.4 Å². The van der Waals surface area contributed by atoms with Crippen molar-refractivity contribution in [1.82, 2.24) is 9.62 Å². The number of halogens is 3. The van der Waals surface area contributed by atoms with E-state index in [1.807, 2.05) is 31.1 Å². The van der Waals surface area contributed by atoms with E-state index in [2.05, 4.69) is 17.4 Å². The number of aryl methyl sites for hydroxylation is 1. The monoisotopic (exact) mass is 497 g/mol. The number of rotatable bonds is 8. The average Bonchev–Trinajstić information content (AvgIpc) is 2.81. The largest absolute Gasteiger partial charge is 0.417 e. The van der Waals surface area contributed by atoms with Crippen LogP contribution in [-0.4, -0.2) is 52.4 Å². The van der Waals surface area contributed by atoms with E-state index in [9.17, 15) is 26.4 Å². The summed E-state index contributed by atoms with van der Waals surface area (Å²) in [6, 6.07) is 12.4. The molecule has 1 saturated heterocycles. The Balaban J connectivity index is 1.48. The van der Waals surface area contributed by atoms with E-state index in [1.165, 1.54) is 11.6 Å². The second-order valence-corrected chi connectivity index (χ2v) is 10.5. The fraction of sp³-hybridized carbons (Fsp3) is 0.458. The van der Waals surface area contributed by atoms with E-state index in [1.54, 1.807) is 0 Å². The highest BCUT2D eigenvalue weighted by atomic mass is 32.2. The Morgan fingerprint density at radius 3 is 2.26 bits per heavy atom. The number of hydrogen-bond donors (Lipinski definition) is 1. The summed E-state index contributed by atoms with van der Waals surface area (Å²) in [5.74, 6) is -0.501. The zero-order valence-electron chi connectivity index (χ0n) is 19.3. The number of carbonyl (C=O) groups is 1. The van der Waals surface area contributed by atoms with Gasteiger partial charge in [-0.1, -0.05) is 24.3 Å². The molecule has 2 aromatic rings. The Bertz CT molecular complexity index is 1080. The highest BCUT2D eigenvalue weighted by Crippen LogP contribution is 2.36. The van der Waals surface area contributed by atoms with Gasteiger partial charge in [-0.15, -0.1) is 0 Å². The molecule has 1 N–H and O–H groups in total. The molecule has 0 radical (unpaired) electrons. The number of piperidine rings is 1. The molecule has 1 aliphatic rings. The van der Waals surface area contributed by atoms with Gasteiger partial charge in [0.25, 0.3) is 0 Å². The molecular weight excluding hydrogens is 467 g/mol. The number of alkyl halides is 3. The van der Waals surface area contributed by atoms with Crippen LogP contribution in [0.2, 0.25) is 0 Å². The van der Waals surface area contributed by atoms with Crippen molar-refractivity contribution in [3.8, 4) is 0 Å². The molecular formula is C24H30F3N3O3S. The molecule has 2 aromatic carbocycles. The molecule has 3 rings (SSSR count). The first-order valence-corrected chi connectivity index (χ1v) is 12.6. The first kappa shape index (κ1) is 26.0. The minimum Gasteiger partial charge on any atom is -0.378 e. The molecule has 6 nitrogen and oxygen atoms in total. The van der Waals surface area contributed by atoms with Crippen molar-refractivity contribution in [3.63, 3.8) is 0 Å². The Kier molecular flexibility index (Phi) is 8.25. The quantitative estimate of drug-likeness (QED) is 0.562. The summed E-state index contributed by atoms with van der Waals surface area (Å²) in [6.45, 7) is 0.515. The Morgan fingerprint density at radius 1 is 1.06 bits per heavy atom. The zero-order valence-corrected chi connectivity index (χ0v) is 20.1. The van der Waals surface area contributed by atoms with Gasteiger partial charge in [0.05, 0.1) is 10.5 Å². The molecule has 1 aliphatic heterocycles. The summed E-state index contributed by atoms with van der Waals surface area (Å²) in [5.41, 5.74) is 1.12. The molecule has 0 bridgehead atoms. The lowest BCUT2D eigenvalue weighted by Gasteiger charge is -2.31. The van der Waals surface area contributed by atoms with Gasteiger partial charge in [0.15, 0.2) is 0 Å². The van der Waals surface area contributed by atoms with Crippen molar-refractivity contribution < 1.29 is 26.4 Å². The number of benzene rings is 2. The molecule has 1 heterocycles. The predicted octanol–water partition coefficient (Wildman–Crippen LogP) is 3.92. The molecule has 0 spiro atoms. The summed E-state index contributed by atoms with van der Waals surface area (Å²) < 4.78 is 66.6. The summed E-state index contributed by atoms with van der Waals surface area (Å²) in [7, 11) is -0.350. The predicted molar refractivity (Wildman–Crippen MR) is 125 cm³/mol. The molecule has 0 saturated carbocycles. The van der Waals surface area contributed by atoms with Gasteiger partial charge >= 0.3 is 6.18 Å². The summed E-state index contributed by atoms with van der Waals surface area (Å²) >= 11 is 0. The van der Waals surface area contributed by atoms with E-state index in [0.717, 1.165) is 41.0 Å². The van der Waals surface area contributed by atoms with Gasteiger partial charge in [-0.3, -0.25) is 4.79 Å². The highest BCUT2D eigenvalue weighted by molar-refractivity contribution is 7.89. The van der Waals surface area contributed by atoms with E-state index >= 15 is 0 Å². The topological polar surface area (TPSA) is 69.7 Å². The van der Waals surface area contributed by atoms with Crippen molar-refractivity contribution in [3.05, 3.63) is 59.7 Å². The molecule has 0 atom stereocenters.